The fourth-order valence-corrected chi connectivity index (χ4v) is 3.22. The monoisotopic (exact) mass is 324 g/mol. The predicted octanol–water partition coefficient (Wildman–Crippen LogP) is 1.93. The second-order valence-electron chi connectivity index (χ2n) is 5.78. The standard InChI is InChI=1S/C19H19NO4/c1-24-15-9-7-14(8-10-15)20-17(21)12-11-16(19(22)23)18(20)13-5-3-2-4-6-13/h2-10,16,18H,11-12H2,1H3,(H,22,23)/p-1/t16-,18-/m0/s1. The Hall–Kier alpha value is -2.82. The highest BCUT2D eigenvalue weighted by molar-refractivity contribution is 5.96. The van der Waals surface area contributed by atoms with Gasteiger partial charge in [0.1, 0.15) is 5.75 Å². The Bertz CT molecular complexity index is 727. The van der Waals surface area contributed by atoms with Gasteiger partial charge in [-0.05, 0) is 36.2 Å². The highest BCUT2D eigenvalue weighted by Gasteiger charge is 2.38. The molecule has 0 N–H and O–H groups in total. The summed E-state index contributed by atoms with van der Waals surface area (Å²) < 4.78 is 5.15. The maximum Gasteiger partial charge on any atom is 0.227 e. The minimum Gasteiger partial charge on any atom is -0.550 e. The highest BCUT2D eigenvalue weighted by Crippen LogP contribution is 2.39. The fraction of sp³-hybridized carbons (Fsp3) is 0.263. The molecule has 1 aliphatic heterocycles. The van der Waals surface area contributed by atoms with Crippen LogP contribution in [0.25, 0.3) is 0 Å². The molecule has 5 nitrogen and oxygen atoms in total. The predicted molar refractivity (Wildman–Crippen MR) is 87.4 cm³/mol. The second-order valence-corrected chi connectivity index (χ2v) is 5.78. The van der Waals surface area contributed by atoms with E-state index in [1.165, 1.54) is 0 Å². The molecule has 2 aromatic rings. The van der Waals surface area contributed by atoms with Crippen LogP contribution in [0.1, 0.15) is 24.4 Å². The molecule has 1 amide bonds. The summed E-state index contributed by atoms with van der Waals surface area (Å²) in [4.78, 5) is 25.8. The molecule has 0 aliphatic carbocycles. The number of aliphatic carboxylic acids is 1. The van der Waals surface area contributed by atoms with Crippen molar-refractivity contribution in [1.29, 1.82) is 0 Å². The zero-order chi connectivity index (χ0) is 17.1. The number of hydrogen-bond acceptors (Lipinski definition) is 4. The number of hydrogen-bond donors (Lipinski definition) is 0. The average molecular weight is 324 g/mol. The SMILES string of the molecule is COc1ccc(N2C(=O)CC[C@H](C(=O)[O-])[C@@H]2c2ccccc2)cc1. The maximum atomic E-state index is 12.6. The Morgan fingerprint density at radius 2 is 1.79 bits per heavy atom. The summed E-state index contributed by atoms with van der Waals surface area (Å²) in [7, 11) is 1.57. The van der Waals surface area contributed by atoms with E-state index in [0.717, 1.165) is 5.56 Å². The zero-order valence-corrected chi connectivity index (χ0v) is 13.3. The summed E-state index contributed by atoms with van der Waals surface area (Å²) in [5.41, 5.74) is 1.44. The van der Waals surface area contributed by atoms with E-state index < -0.39 is 17.9 Å². The second kappa shape index (κ2) is 6.74. The Kier molecular flexibility index (Phi) is 4.51. The van der Waals surface area contributed by atoms with Gasteiger partial charge < -0.3 is 19.5 Å². The number of methoxy groups -OCH3 is 1. The van der Waals surface area contributed by atoms with Crippen molar-refractivity contribution in [1.82, 2.24) is 0 Å². The van der Waals surface area contributed by atoms with Crippen LogP contribution in [-0.4, -0.2) is 19.0 Å². The van der Waals surface area contributed by atoms with E-state index >= 15 is 0 Å². The lowest BCUT2D eigenvalue weighted by Crippen LogP contribution is -2.49. The molecule has 1 aliphatic rings. The summed E-state index contributed by atoms with van der Waals surface area (Å²) in [6, 6.07) is 15.7. The van der Waals surface area contributed by atoms with Crippen LogP contribution >= 0.6 is 0 Å². The van der Waals surface area contributed by atoms with Crippen molar-refractivity contribution in [3.63, 3.8) is 0 Å². The van der Waals surface area contributed by atoms with Crippen LogP contribution < -0.4 is 14.7 Å². The lowest BCUT2D eigenvalue weighted by Gasteiger charge is -2.42. The number of carbonyl (C=O) groups is 2. The number of carboxylic acids is 1. The lowest BCUT2D eigenvalue weighted by atomic mass is 9.84. The van der Waals surface area contributed by atoms with Crippen LogP contribution in [0.2, 0.25) is 0 Å². The van der Waals surface area contributed by atoms with E-state index in [4.69, 9.17) is 4.74 Å². The van der Waals surface area contributed by atoms with Gasteiger partial charge in [-0.15, -0.1) is 0 Å². The van der Waals surface area contributed by atoms with Crippen LogP contribution in [0.4, 0.5) is 5.69 Å². The van der Waals surface area contributed by atoms with Gasteiger partial charge in [-0.2, -0.15) is 0 Å². The Morgan fingerprint density at radius 3 is 2.38 bits per heavy atom. The third-order valence-electron chi connectivity index (χ3n) is 4.39. The number of ether oxygens (including phenoxy) is 1. The molecular weight excluding hydrogens is 306 g/mol. The number of benzene rings is 2. The lowest BCUT2D eigenvalue weighted by molar-refractivity contribution is -0.312. The van der Waals surface area contributed by atoms with Gasteiger partial charge in [0.15, 0.2) is 0 Å². The van der Waals surface area contributed by atoms with Crippen molar-refractivity contribution in [2.24, 2.45) is 5.92 Å². The van der Waals surface area contributed by atoms with E-state index in [2.05, 4.69) is 0 Å². The number of carboxylic acid groups (broad SMARTS) is 1. The molecule has 1 saturated heterocycles. The largest absolute Gasteiger partial charge is 0.550 e. The summed E-state index contributed by atoms with van der Waals surface area (Å²) in [6.07, 6.45) is 0.474. The molecule has 0 saturated carbocycles. The van der Waals surface area contributed by atoms with E-state index in [-0.39, 0.29) is 18.7 Å². The van der Waals surface area contributed by atoms with Gasteiger partial charge in [0, 0.05) is 24.0 Å². The smallest absolute Gasteiger partial charge is 0.227 e. The van der Waals surface area contributed by atoms with E-state index in [0.29, 0.717) is 11.4 Å². The Labute approximate surface area is 140 Å². The topological polar surface area (TPSA) is 69.7 Å². The van der Waals surface area contributed by atoms with Crippen LogP contribution in [0.3, 0.4) is 0 Å². The molecule has 2 atom stereocenters. The minimum absolute atomic E-state index is 0.0912. The molecule has 2 aromatic carbocycles. The zero-order valence-electron chi connectivity index (χ0n) is 13.3. The number of rotatable bonds is 4. The minimum atomic E-state index is -1.13. The molecule has 0 radical (unpaired) electrons. The van der Waals surface area contributed by atoms with Gasteiger partial charge in [-0.25, -0.2) is 0 Å². The molecule has 1 fully saturated rings. The van der Waals surface area contributed by atoms with Crippen LogP contribution in [-0.2, 0) is 9.59 Å². The van der Waals surface area contributed by atoms with Gasteiger partial charge in [0.2, 0.25) is 5.91 Å². The van der Waals surface area contributed by atoms with E-state index in [9.17, 15) is 14.7 Å². The first kappa shape index (κ1) is 16.1. The number of anilines is 1. The van der Waals surface area contributed by atoms with Crippen molar-refractivity contribution in [3.8, 4) is 5.75 Å². The van der Waals surface area contributed by atoms with Crippen molar-refractivity contribution < 1.29 is 19.4 Å². The normalized spacial score (nSPS) is 20.7. The molecular formula is C19H18NO4-. The van der Waals surface area contributed by atoms with Crippen molar-refractivity contribution in [2.75, 3.05) is 12.0 Å². The average Bonchev–Trinajstić information content (AvgIpc) is 2.62. The molecule has 3 rings (SSSR count). The molecule has 0 unspecified atom stereocenters. The molecule has 1 heterocycles. The summed E-state index contributed by atoms with van der Waals surface area (Å²) >= 11 is 0. The summed E-state index contributed by atoms with van der Waals surface area (Å²) in [6.45, 7) is 0. The Balaban J connectivity index is 2.07. The van der Waals surface area contributed by atoms with E-state index in [1.807, 2.05) is 30.3 Å². The Morgan fingerprint density at radius 1 is 1.12 bits per heavy atom. The third kappa shape index (κ3) is 2.97. The van der Waals surface area contributed by atoms with Crippen LogP contribution in [0.5, 0.6) is 5.75 Å². The van der Waals surface area contributed by atoms with Gasteiger partial charge in [0.05, 0.1) is 13.2 Å². The van der Waals surface area contributed by atoms with Crippen molar-refractivity contribution in [3.05, 3.63) is 60.2 Å². The van der Waals surface area contributed by atoms with Crippen molar-refractivity contribution >= 4 is 17.6 Å². The first-order valence-corrected chi connectivity index (χ1v) is 7.83. The third-order valence-corrected chi connectivity index (χ3v) is 4.39. The van der Waals surface area contributed by atoms with Gasteiger partial charge >= 0.3 is 0 Å². The molecule has 0 bridgehead atoms. The first-order valence-electron chi connectivity index (χ1n) is 7.83. The van der Waals surface area contributed by atoms with Crippen molar-refractivity contribution in [2.45, 2.75) is 18.9 Å². The quantitative estimate of drug-likeness (QED) is 0.862. The highest BCUT2D eigenvalue weighted by atomic mass is 16.5. The molecule has 124 valence electrons. The van der Waals surface area contributed by atoms with Gasteiger partial charge in [-0.1, -0.05) is 30.3 Å². The van der Waals surface area contributed by atoms with E-state index in [1.54, 1.807) is 36.3 Å². The summed E-state index contributed by atoms with van der Waals surface area (Å²) in [5.74, 6) is -1.29. The molecule has 0 spiro atoms. The number of piperidine rings is 1. The fourth-order valence-electron chi connectivity index (χ4n) is 3.22. The van der Waals surface area contributed by atoms with Crippen LogP contribution in [0.15, 0.2) is 54.6 Å². The first-order chi connectivity index (χ1) is 11.6. The summed E-state index contributed by atoms with van der Waals surface area (Å²) in [5, 5.41) is 11.7. The van der Waals surface area contributed by atoms with Crippen LogP contribution in [0, 0.1) is 5.92 Å². The molecule has 5 heteroatoms. The number of nitrogens with zero attached hydrogens (tertiary/aromatic N) is 1. The number of carbonyl (C=O) groups excluding carboxylic acids is 2. The molecule has 0 aromatic heterocycles. The maximum absolute atomic E-state index is 12.6. The van der Waals surface area contributed by atoms with Gasteiger partial charge in [-0.3, -0.25) is 4.79 Å². The molecule has 24 heavy (non-hydrogen) atoms. The number of amides is 1. The van der Waals surface area contributed by atoms with Gasteiger partial charge in [0.25, 0.3) is 0 Å².